The van der Waals surface area contributed by atoms with Crippen LogP contribution in [-0.4, -0.2) is 17.4 Å². The summed E-state index contributed by atoms with van der Waals surface area (Å²) in [7, 11) is 0. The van der Waals surface area contributed by atoms with Crippen LogP contribution in [0.4, 0.5) is 0 Å². The van der Waals surface area contributed by atoms with Crippen LogP contribution in [0.5, 0.6) is 0 Å². The molecule has 0 saturated carbocycles. The fourth-order valence-corrected chi connectivity index (χ4v) is 5.10. The Bertz CT molecular complexity index is 390. The Morgan fingerprint density at radius 2 is 0.618 bits per heavy atom. The van der Waals surface area contributed by atoms with E-state index in [9.17, 15) is 0 Å². The van der Waals surface area contributed by atoms with Crippen LogP contribution in [0, 0.1) is 0 Å². The zero-order valence-corrected chi connectivity index (χ0v) is 24.6. The van der Waals surface area contributed by atoms with Gasteiger partial charge in [0.05, 0.1) is 0 Å². The van der Waals surface area contributed by atoms with Crippen molar-refractivity contribution in [2.75, 3.05) is 13.1 Å². The van der Waals surface area contributed by atoms with E-state index in [-0.39, 0.29) is 0 Å². The van der Waals surface area contributed by atoms with Gasteiger partial charge in [0.2, 0.25) is 0 Å². The van der Waals surface area contributed by atoms with E-state index in [1.54, 1.807) is 0 Å². The van der Waals surface area contributed by atoms with Crippen molar-refractivity contribution in [3.05, 3.63) is 0 Å². The van der Waals surface area contributed by atoms with Gasteiger partial charge in [0.1, 0.15) is 4.32 Å². The van der Waals surface area contributed by atoms with E-state index in [0.717, 1.165) is 13.1 Å². The molecular weight excluding hydrogens is 452 g/mol. The molecule has 0 radical (unpaired) electrons. The van der Waals surface area contributed by atoms with Crippen LogP contribution in [0.3, 0.4) is 0 Å². The third-order valence-electron chi connectivity index (χ3n) is 7.16. The van der Waals surface area contributed by atoms with E-state index in [1.165, 1.54) is 173 Å². The number of hydrogen-bond donors (Lipinski definition) is 3. The quantitative estimate of drug-likeness (QED) is 0.0528. The molecule has 4 heteroatoms. The Balaban J connectivity index is 3.01. The van der Waals surface area contributed by atoms with Crippen LogP contribution in [0.25, 0.3) is 0 Å². The number of thiol groups is 1. The summed E-state index contributed by atoms with van der Waals surface area (Å²) in [6.45, 7) is 1.86. The minimum atomic E-state index is 0.628. The van der Waals surface area contributed by atoms with Gasteiger partial charge in [-0.25, -0.2) is 0 Å². The average Bonchev–Trinajstić information content (AvgIpc) is 2.83. The van der Waals surface area contributed by atoms with Gasteiger partial charge >= 0.3 is 0 Å². The zero-order chi connectivity index (χ0) is 24.8. The third kappa shape index (κ3) is 32.2. The van der Waals surface area contributed by atoms with Crippen molar-refractivity contribution in [2.45, 2.75) is 173 Å². The van der Waals surface area contributed by atoms with Crippen molar-refractivity contribution in [2.24, 2.45) is 5.73 Å². The molecule has 0 unspecified atom stereocenters. The van der Waals surface area contributed by atoms with Gasteiger partial charge in [-0.15, -0.1) is 12.6 Å². The summed E-state index contributed by atoms with van der Waals surface area (Å²) >= 11 is 8.97. The molecule has 0 aromatic heterocycles. The summed E-state index contributed by atoms with van der Waals surface area (Å²) in [5, 5.41) is 3.11. The molecule has 0 aromatic rings. The first kappa shape index (κ1) is 34.2. The first-order valence-corrected chi connectivity index (χ1v) is 16.3. The van der Waals surface area contributed by atoms with Gasteiger partial charge in [-0.1, -0.05) is 173 Å². The van der Waals surface area contributed by atoms with E-state index in [0.29, 0.717) is 4.32 Å². The predicted octanol–water partition coefficient (Wildman–Crippen LogP) is 10.3. The van der Waals surface area contributed by atoms with Crippen molar-refractivity contribution in [3.8, 4) is 0 Å². The summed E-state index contributed by atoms with van der Waals surface area (Å²) in [6, 6.07) is 0. The summed E-state index contributed by atoms with van der Waals surface area (Å²) in [5.74, 6) is 0. The highest BCUT2D eigenvalue weighted by atomic mass is 32.1. The molecule has 0 atom stereocenters. The maximum atomic E-state index is 5.54. The highest BCUT2D eigenvalue weighted by molar-refractivity contribution is 8.11. The lowest BCUT2D eigenvalue weighted by atomic mass is 10.0. The maximum absolute atomic E-state index is 5.54. The van der Waals surface area contributed by atoms with Gasteiger partial charge in [0.15, 0.2) is 0 Å². The van der Waals surface area contributed by atoms with Gasteiger partial charge in [0, 0.05) is 6.54 Å². The molecule has 0 rings (SSSR count). The standard InChI is InChI=1S/C30H62N2S2/c31-28-26-24-22-20-18-16-14-12-10-8-6-4-2-1-3-5-7-9-11-13-15-17-19-21-23-25-27-29-32-30(33)34/h1-29,31H2,(H2,32,33,34). The maximum Gasteiger partial charge on any atom is 0.130 e. The SMILES string of the molecule is NCCCCCCCCCCCCCCCCCCCCCCCCCCCCCNC(=S)S. The topological polar surface area (TPSA) is 38.0 Å². The molecule has 0 heterocycles. The lowest BCUT2D eigenvalue weighted by Crippen LogP contribution is -2.17. The first-order valence-electron chi connectivity index (χ1n) is 15.4. The molecule has 3 N–H and O–H groups in total. The lowest BCUT2D eigenvalue weighted by Gasteiger charge is -2.05. The number of nitrogens with two attached hydrogens (primary N) is 1. The Hall–Kier alpha value is 0.200. The Morgan fingerprint density at radius 3 is 0.824 bits per heavy atom. The number of unbranched alkanes of at least 4 members (excludes halogenated alkanes) is 26. The van der Waals surface area contributed by atoms with Crippen molar-refractivity contribution in [3.63, 3.8) is 0 Å². The minimum Gasteiger partial charge on any atom is -0.371 e. The van der Waals surface area contributed by atoms with Crippen molar-refractivity contribution in [1.29, 1.82) is 0 Å². The van der Waals surface area contributed by atoms with E-state index in [4.69, 9.17) is 18.0 Å². The first-order chi connectivity index (χ1) is 16.8. The van der Waals surface area contributed by atoms with Crippen LogP contribution in [0.15, 0.2) is 0 Å². The van der Waals surface area contributed by atoms with Gasteiger partial charge in [0.25, 0.3) is 0 Å². The van der Waals surface area contributed by atoms with Crippen molar-refractivity contribution in [1.82, 2.24) is 5.32 Å². The molecule has 0 aliphatic heterocycles. The highest BCUT2D eigenvalue weighted by Gasteiger charge is 1.97. The van der Waals surface area contributed by atoms with E-state index in [1.807, 2.05) is 0 Å². The van der Waals surface area contributed by atoms with Gasteiger partial charge < -0.3 is 11.1 Å². The third-order valence-corrected chi connectivity index (χ3v) is 7.46. The Morgan fingerprint density at radius 1 is 0.412 bits per heavy atom. The van der Waals surface area contributed by atoms with Crippen LogP contribution in [-0.2, 0) is 0 Å². The summed E-state index contributed by atoms with van der Waals surface area (Å²) in [5.41, 5.74) is 5.54. The van der Waals surface area contributed by atoms with Gasteiger partial charge in [-0.3, -0.25) is 0 Å². The molecule has 0 spiro atoms. The van der Waals surface area contributed by atoms with Crippen LogP contribution in [0.2, 0.25) is 0 Å². The second-order valence-electron chi connectivity index (χ2n) is 10.6. The van der Waals surface area contributed by atoms with Gasteiger partial charge in [-0.05, 0) is 19.4 Å². The summed E-state index contributed by atoms with van der Waals surface area (Å²) in [6.07, 6.45) is 38.5. The number of rotatable bonds is 29. The Kier molecular flexibility index (Phi) is 31.4. The Labute approximate surface area is 226 Å². The lowest BCUT2D eigenvalue weighted by molar-refractivity contribution is 0.514. The molecule has 0 aliphatic carbocycles. The fourth-order valence-electron chi connectivity index (χ4n) is 4.88. The van der Waals surface area contributed by atoms with E-state index in [2.05, 4.69) is 17.9 Å². The molecule has 0 fully saturated rings. The zero-order valence-electron chi connectivity index (χ0n) is 22.9. The second kappa shape index (κ2) is 31.2. The van der Waals surface area contributed by atoms with Gasteiger partial charge in [-0.2, -0.15) is 0 Å². The molecule has 0 bridgehead atoms. The highest BCUT2D eigenvalue weighted by Crippen LogP contribution is 2.16. The van der Waals surface area contributed by atoms with Crippen LogP contribution in [0.1, 0.15) is 173 Å². The minimum absolute atomic E-state index is 0.628. The van der Waals surface area contributed by atoms with Crippen LogP contribution < -0.4 is 11.1 Å². The van der Waals surface area contributed by atoms with Crippen molar-refractivity contribution >= 4 is 29.2 Å². The van der Waals surface area contributed by atoms with Crippen LogP contribution >= 0.6 is 24.8 Å². The number of nitrogens with one attached hydrogen (secondary N) is 1. The molecular formula is C30H62N2S2. The number of thiocarbonyl (C=S) groups is 1. The molecule has 0 amide bonds. The molecule has 204 valence electrons. The molecule has 0 aromatic carbocycles. The van der Waals surface area contributed by atoms with E-state index >= 15 is 0 Å². The molecule has 2 nitrogen and oxygen atoms in total. The predicted molar refractivity (Wildman–Crippen MR) is 163 cm³/mol. The second-order valence-corrected chi connectivity index (χ2v) is 11.7. The monoisotopic (exact) mass is 514 g/mol. The normalized spacial score (nSPS) is 11.2. The number of hydrogen-bond acceptors (Lipinski definition) is 2. The molecule has 34 heavy (non-hydrogen) atoms. The summed E-state index contributed by atoms with van der Waals surface area (Å²) in [4.78, 5) is 0. The summed E-state index contributed by atoms with van der Waals surface area (Å²) < 4.78 is 0.628. The van der Waals surface area contributed by atoms with Crippen molar-refractivity contribution < 1.29 is 0 Å². The fraction of sp³-hybridized carbons (Fsp3) is 0.967. The molecule has 0 saturated heterocycles. The molecule has 0 aliphatic rings. The smallest absolute Gasteiger partial charge is 0.130 e. The average molecular weight is 515 g/mol. The van der Waals surface area contributed by atoms with E-state index < -0.39 is 0 Å². The largest absolute Gasteiger partial charge is 0.371 e.